The molecule has 1 saturated carbocycles. The van der Waals surface area contributed by atoms with Crippen LogP contribution in [0.25, 0.3) is 0 Å². The summed E-state index contributed by atoms with van der Waals surface area (Å²) >= 11 is 0. The molecule has 1 fully saturated rings. The molecule has 0 aromatic carbocycles. The molecule has 0 unspecified atom stereocenters. The molecule has 16 heavy (non-hydrogen) atoms. The van der Waals surface area contributed by atoms with Gasteiger partial charge >= 0.3 is 0 Å². The van der Waals surface area contributed by atoms with Crippen LogP contribution in [0.15, 0.2) is 0 Å². The van der Waals surface area contributed by atoms with E-state index in [0.29, 0.717) is 12.0 Å². The van der Waals surface area contributed by atoms with Crippen molar-refractivity contribution in [2.24, 2.45) is 0 Å². The van der Waals surface area contributed by atoms with Crippen LogP contribution in [0.1, 0.15) is 51.9 Å². The highest BCUT2D eigenvalue weighted by Gasteiger charge is 2.25. The maximum atomic E-state index is 11.4. The van der Waals surface area contributed by atoms with E-state index in [1.807, 2.05) is 14.1 Å². The Morgan fingerprint density at radius 1 is 1.25 bits per heavy atom. The van der Waals surface area contributed by atoms with Crippen LogP contribution in [-0.4, -0.2) is 37.0 Å². The van der Waals surface area contributed by atoms with E-state index in [4.69, 9.17) is 0 Å². The summed E-state index contributed by atoms with van der Waals surface area (Å²) in [7, 11) is 3.64. The van der Waals surface area contributed by atoms with Gasteiger partial charge in [0, 0.05) is 26.1 Å². The minimum absolute atomic E-state index is 0.232. The van der Waals surface area contributed by atoms with Crippen LogP contribution in [-0.2, 0) is 4.79 Å². The van der Waals surface area contributed by atoms with Crippen molar-refractivity contribution < 1.29 is 4.79 Å². The van der Waals surface area contributed by atoms with Crippen molar-refractivity contribution in [1.82, 2.24) is 10.2 Å². The molecule has 0 heterocycles. The second kappa shape index (κ2) is 6.24. The molecule has 0 aromatic heterocycles. The van der Waals surface area contributed by atoms with Gasteiger partial charge in [0.1, 0.15) is 0 Å². The quantitative estimate of drug-likeness (QED) is 0.729. The SMILES string of the molecule is CN(C)C(=O)CCCNC1(C)CCCCC1. The van der Waals surface area contributed by atoms with Crippen molar-refractivity contribution in [2.75, 3.05) is 20.6 Å². The molecule has 0 bridgehead atoms. The summed E-state index contributed by atoms with van der Waals surface area (Å²) in [6, 6.07) is 0. The zero-order valence-electron chi connectivity index (χ0n) is 11.0. The maximum Gasteiger partial charge on any atom is 0.222 e. The van der Waals surface area contributed by atoms with Gasteiger partial charge in [0.2, 0.25) is 5.91 Å². The van der Waals surface area contributed by atoms with Crippen molar-refractivity contribution in [3.63, 3.8) is 0 Å². The van der Waals surface area contributed by atoms with Gasteiger partial charge in [-0.15, -0.1) is 0 Å². The Balaban J connectivity index is 2.12. The van der Waals surface area contributed by atoms with Crippen LogP contribution >= 0.6 is 0 Å². The molecular formula is C13H26N2O. The van der Waals surface area contributed by atoms with Crippen molar-refractivity contribution >= 4 is 5.91 Å². The van der Waals surface area contributed by atoms with Gasteiger partial charge in [0.25, 0.3) is 0 Å². The third-order valence-electron chi connectivity index (χ3n) is 3.58. The number of nitrogens with zero attached hydrogens (tertiary/aromatic N) is 1. The van der Waals surface area contributed by atoms with E-state index >= 15 is 0 Å². The average molecular weight is 226 g/mol. The fourth-order valence-corrected chi connectivity index (χ4v) is 2.36. The molecule has 1 N–H and O–H groups in total. The van der Waals surface area contributed by atoms with Gasteiger partial charge in [-0.05, 0) is 32.7 Å². The van der Waals surface area contributed by atoms with Crippen molar-refractivity contribution in [3.05, 3.63) is 0 Å². The molecule has 0 spiro atoms. The molecule has 0 aliphatic heterocycles. The van der Waals surface area contributed by atoms with E-state index in [2.05, 4.69) is 12.2 Å². The van der Waals surface area contributed by atoms with E-state index in [1.165, 1.54) is 32.1 Å². The lowest BCUT2D eigenvalue weighted by Gasteiger charge is -2.34. The third kappa shape index (κ3) is 4.52. The lowest BCUT2D eigenvalue weighted by molar-refractivity contribution is -0.128. The summed E-state index contributed by atoms with van der Waals surface area (Å²) in [5, 5.41) is 3.62. The predicted octanol–water partition coefficient (Wildman–Crippen LogP) is 2.17. The third-order valence-corrected chi connectivity index (χ3v) is 3.58. The van der Waals surface area contributed by atoms with Crippen LogP contribution in [0.5, 0.6) is 0 Å². The van der Waals surface area contributed by atoms with E-state index in [0.717, 1.165) is 13.0 Å². The smallest absolute Gasteiger partial charge is 0.222 e. The summed E-state index contributed by atoms with van der Waals surface area (Å²) < 4.78 is 0. The lowest BCUT2D eigenvalue weighted by atomic mass is 9.83. The van der Waals surface area contributed by atoms with Crippen LogP contribution in [0, 0.1) is 0 Å². The first kappa shape index (κ1) is 13.5. The van der Waals surface area contributed by atoms with Gasteiger partial charge in [-0.1, -0.05) is 19.3 Å². The highest BCUT2D eigenvalue weighted by molar-refractivity contribution is 5.75. The Hall–Kier alpha value is -0.570. The molecule has 94 valence electrons. The Morgan fingerprint density at radius 2 is 1.88 bits per heavy atom. The number of carbonyl (C=O) groups excluding carboxylic acids is 1. The van der Waals surface area contributed by atoms with Gasteiger partial charge in [-0.2, -0.15) is 0 Å². The summed E-state index contributed by atoms with van der Waals surface area (Å²) in [5.74, 6) is 0.232. The minimum Gasteiger partial charge on any atom is -0.349 e. The summed E-state index contributed by atoms with van der Waals surface area (Å²) in [6.45, 7) is 3.29. The molecule has 0 aromatic rings. The van der Waals surface area contributed by atoms with Gasteiger partial charge in [-0.25, -0.2) is 0 Å². The highest BCUT2D eigenvalue weighted by Crippen LogP contribution is 2.27. The first-order chi connectivity index (χ1) is 7.53. The average Bonchev–Trinajstić information content (AvgIpc) is 2.25. The first-order valence-corrected chi connectivity index (χ1v) is 6.49. The molecule has 1 amide bonds. The number of amides is 1. The van der Waals surface area contributed by atoms with Crippen molar-refractivity contribution in [1.29, 1.82) is 0 Å². The Labute approximate surface area is 99.6 Å². The number of rotatable bonds is 5. The number of hydrogen-bond donors (Lipinski definition) is 1. The Bertz CT molecular complexity index is 220. The normalized spacial score (nSPS) is 19.4. The minimum atomic E-state index is 0.232. The second-order valence-corrected chi connectivity index (χ2v) is 5.44. The lowest BCUT2D eigenvalue weighted by Crippen LogP contribution is -2.44. The first-order valence-electron chi connectivity index (χ1n) is 6.49. The van der Waals surface area contributed by atoms with E-state index in [9.17, 15) is 4.79 Å². The highest BCUT2D eigenvalue weighted by atomic mass is 16.2. The van der Waals surface area contributed by atoms with E-state index < -0.39 is 0 Å². The van der Waals surface area contributed by atoms with Gasteiger partial charge < -0.3 is 10.2 Å². The molecule has 1 rings (SSSR count). The fourth-order valence-electron chi connectivity index (χ4n) is 2.36. The Kier molecular flexibility index (Phi) is 5.26. The fraction of sp³-hybridized carbons (Fsp3) is 0.923. The second-order valence-electron chi connectivity index (χ2n) is 5.44. The molecular weight excluding hydrogens is 200 g/mol. The largest absolute Gasteiger partial charge is 0.349 e. The topological polar surface area (TPSA) is 32.3 Å². The number of hydrogen-bond acceptors (Lipinski definition) is 2. The maximum absolute atomic E-state index is 11.4. The number of nitrogens with one attached hydrogen (secondary N) is 1. The zero-order chi connectivity index (χ0) is 12.0. The van der Waals surface area contributed by atoms with Crippen LogP contribution in [0.2, 0.25) is 0 Å². The van der Waals surface area contributed by atoms with Gasteiger partial charge in [0.15, 0.2) is 0 Å². The predicted molar refractivity (Wildman–Crippen MR) is 67.4 cm³/mol. The number of carbonyl (C=O) groups is 1. The standard InChI is InChI=1S/C13H26N2O/c1-13(9-5-4-6-10-13)14-11-7-8-12(16)15(2)3/h14H,4-11H2,1-3H3. The molecule has 1 aliphatic carbocycles. The molecule has 3 heteroatoms. The molecule has 0 saturated heterocycles. The molecule has 0 radical (unpaired) electrons. The Morgan fingerprint density at radius 3 is 2.44 bits per heavy atom. The van der Waals surface area contributed by atoms with Crippen molar-refractivity contribution in [2.45, 2.75) is 57.4 Å². The monoisotopic (exact) mass is 226 g/mol. The van der Waals surface area contributed by atoms with Crippen LogP contribution in [0.4, 0.5) is 0 Å². The zero-order valence-corrected chi connectivity index (χ0v) is 11.0. The summed E-state index contributed by atoms with van der Waals surface area (Å²) in [6.07, 6.45) is 8.27. The van der Waals surface area contributed by atoms with Crippen LogP contribution in [0.3, 0.4) is 0 Å². The van der Waals surface area contributed by atoms with E-state index in [1.54, 1.807) is 4.90 Å². The van der Waals surface area contributed by atoms with Crippen LogP contribution < -0.4 is 5.32 Å². The molecule has 3 nitrogen and oxygen atoms in total. The summed E-state index contributed by atoms with van der Waals surface area (Å²) in [5.41, 5.74) is 0.333. The summed E-state index contributed by atoms with van der Waals surface area (Å²) in [4.78, 5) is 13.0. The van der Waals surface area contributed by atoms with E-state index in [-0.39, 0.29) is 5.91 Å². The molecule has 0 atom stereocenters. The van der Waals surface area contributed by atoms with Gasteiger partial charge in [-0.3, -0.25) is 4.79 Å². The molecule has 1 aliphatic rings. The van der Waals surface area contributed by atoms with Gasteiger partial charge in [0.05, 0.1) is 0 Å². The van der Waals surface area contributed by atoms with Crippen molar-refractivity contribution in [3.8, 4) is 0 Å².